The van der Waals surface area contributed by atoms with Gasteiger partial charge in [-0.25, -0.2) is 14.4 Å². The smallest absolute Gasteiger partial charge is 0.338 e. The van der Waals surface area contributed by atoms with Crippen LogP contribution in [-0.4, -0.2) is 41.9 Å². The molecular weight excluding hydrogens is 370 g/mol. The van der Waals surface area contributed by atoms with E-state index in [0.717, 1.165) is 0 Å². The van der Waals surface area contributed by atoms with Crippen LogP contribution in [-0.2, 0) is 9.47 Å². The monoisotopic (exact) mass is 389 g/mol. The van der Waals surface area contributed by atoms with E-state index in [1.807, 2.05) is 0 Å². The second-order valence-electron chi connectivity index (χ2n) is 6.37. The van der Waals surface area contributed by atoms with Crippen molar-refractivity contribution in [3.63, 3.8) is 0 Å². The van der Waals surface area contributed by atoms with E-state index >= 15 is 0 Å². The van der Waals surface area contributed by atoms with Gasteiger partial charge in [0.1, 0.15) is 6.10 Å². The zero-order chi connectivity index (χ0) is 19.2. The number of halogens is 1. The van der Waals surface area contributed by atoms with Crippen LogP contribution in [0, 0.1) is 5.92 Å². The van der Waals surface area contributed by atoms with Crippen molar-refractivity contribution >= 4 is 23.7 Å². The number of nitrogens with one attached hydrogen (secondary N) is 1. The normalized spacial score (nSPS) is 24.4. The third-order valence-corrected chi connectivity index (χ3v) is 4.90. The van der Waals surface area contributed by atoms with Gasteiger partial charge in [0.25, 0.3) is 0 Å². The molecule has 0 radical (unpaired) electrons. The number of hydrogen-bond acceptors (Lipinski definition) is 6. The van der Waals surface area contributed by atoms with Crippen LogP contribution in [0.1, 0.15) is 27.1 Å². The predicted molar refractivity (Wildman–Crippen MR) is 99.3 cm³/mol. The van der Waals surface area contributed by atoms with E-state index < -0.39 is 36.1 Å². The molecule has 0 amide bonds. The van der Waals surface area contributed by atoms with Crippen molar-refractivity contribution in [3.05, 3.63) is 71.8 Å². The molecule has 1 aliphatic rings. The molecule has 2 aromatic carbocycles. The average Bonchev–Trinajstić information content (AvgIpc) is 3.05. The molecule has 4 atom stereocenters. The van der Waals surface area contributed by atoms with Crippen molar-refractivity contribution in [2.24, 2.45) is 5.92 Å². The fraction of sp³-hybridized carbons (Fsp3) is 0.300. The number of ether oxygens (including phenoxy) is 2. The largest absolute Gasteiger partial charge is 0.454 e. The lowest BCUT2D eigenvalue weighted by Gasteiger charge is -2.26. The molecule has 6 nitrogen and oxygen atoms in total. The highest BCUT2D eigenvalue weighted by Crippen LogP contribution is 2.33. The molecule has 0 saturated heterocycles. The lowest BCUT2D eigenvalue weighted by atomic mass is 10.1. The van der Waals surface area contributed by atoms with Crippen molar-refractivity contribution < 1.29 is 24.2 Å². The van der Waals surface area contributed by atoms with Crippen molar-refractivity contribution in [3.8, 4) is 0 Å². The standard InChI is InChI=1S/C20H20ClNO5/c21-22-16-11-15(12-23)17(26-19(24)13-7-3-1-4-8-13)18(16)27-20(25)14-9-5-2-6-10-14/h1-10,15-18,22-23H,11-12H2/t15-,16-,17-,18+/m1/s1. The summed E-state index contributed by atoms with van der Waals surface area (Å²) in [5, 5.41) is 9.70. The number of esters is 2. The van der Waals surface area contributed by atoms with Crippen LogP contribution in [0.15, 0.2) is 60.7 Å². The Labute approximate surface area is 162 Å². The minimum absolute atomic E-state index is 0.221. The number of carbonyl (C=O) groups is 2. The molecule has 0 aromatic heterocycles. The van der Waals surface area contributed by atoms with Gasteiger partial charge in [0.15, 0.2) is 6.10 Å². The molecule has 2 N–H and O–H groups in total. The van der Waals surface area contributed by atoms with Gasteiger partial charge in [0.05, 0.1) is 17.2 Å². The topological polar surface area (TPSA) is 84.9 Å². The fourth-order valence-electron chi connectivity index (χ4n) is 3.22. The van der Waals surface area contributed by atoms with E-state index in [2.05, 4.69) is 4.84 Å². The zero-order valence-corrected chi connectivity index (χ0v) is 15.2. The molecule has 2 aromatic rings. The Morgan fingerprint density at radius 3 is 1.85 bits per heavy atom. The summed E-state index contributed by atoms with van der Waals surface area (Å²) in [7, 11) is 0. The molecule has 1 aliphatic carbocycles. The second kappa shape index (κ2) is 8.99. The van der Waals surface area contributed by atoms with Gasteiger partial charge in [-0.3, -0.25) is 0 Å². The van der Waals surface area contributed by atoms with Gasteiger partial charge in [-0.1, -0.05) is 36.4 Å². The van der Waals surface area contributed by atoms with Crippen molar-refractivity contribution in [2.75, 3.05) is 6.61 Å². The maximum atomic E-state index is 12.5. The highest BCUT2D eigenvalue weighted by molar-refractivity contribution is 6.13. The molecule has 0 aliphatic heterocycles. The molecular formula is C20H20ClNO5. The average molecular weight is 390 g/mol. The Hall–Kier alpha value is -2.41. The Morgan fingerprint density at radius 1 is 0.926 bits per heavy atom. The van der Waals surface area contributed by atoms with Gasteiger partial charge in [-0.05, 0) is 42.5 Å². The van der Waals surface area contributed by atoms with E-state index in [1.54, 1.807) is 60.7 Å². The van der Waals surface area contributed by atoms with E-state index in [0.29, 0.717) is 17.5 Å². The number of hydrogen-bond donors (Lipinski definition) is 2. The van der Waals surface area contributed by atoms with Crippen LogP contribution < -0.4 is 4.84 Å². The molecule has 7 heteroatoms. The first-order valence-electron chi connectivity index (χ1n) is 8.63. The first kappa shape index (κ1) is 19.4. The number of carbonyl (C=O) groups excluding carboxylic acids is 2. The third-order valence-electron chi connectivity index (χ3n) is 4.62. The van der Waals surface area contributed by atoms with Crippen LogP contribution in [0.3, 0.4) is 0 Å². The molecule has 0 bridgehead atoms. The SMILES string of the molecule is O=C(O[C@@H]1[C@@H](CO)C[C@@H](NCl)[C@@H]1OC(=O)c1ccccc1)c1ccccc1. The van der Waals surface area contributed by atoms with Crippen LogP contribution in [0.4, 0.5) is 0 Å². The van der Waals surface area contributed by atoms with Gasteiger partial charge < -0.3 is 14.6 Å². The van der Waals surface area contributed by atoms with Crippen molar-refractivity contribution in [1.29, 1.82) is 0 Å². The Bertz CT molecular complexity index is 705. The van der Waals surface area contributed by atoms with Gasteiger partial charge in [-0.2, -0.15) is 0 Å². The molecule has 1 fully saturated rings. The van der Waals surface area contributed by atoms with Crippen LogP contribution in [0.25, 0.3) is 0 Å². The van der Waals surface area contributed by atoms with Crippen molar-refractivity contribution in [1.82, 2.24) is 4.84 Å². The summed E-state index contributed by atoms with van der Waals surface area (Å²) in [6.45, 7) is -0.221. The minimum Gasteiger partial charge on any atom is -0.454 e. The summed E-state index contributed by atoms with van der Waals surface area (Å²) in [6.07, 6.45) is -1.23. The molecule has 0 spiro atoms. The first-order valence-corrected chi connectivity index (χ1v) is 9.01. The summed E-state index contributed by atoms with van der Waals surface area (Å²) in [5.41, 5.74) is 0.760. The quantitative estimate of drug-likeness (QED) is 0.583. The van der Waals surface area contributed by atoms with Crippen LogP contribution in [0.2, 0.25) is 0 Å². The number of aliphatic hydroxyl groups is 1. The molecule has 142 valence electrons. The zero-order valence-electron chi connectivity index (χ0n) is 14.5. The van der Waals surface area contributed by atoms with Gasteiger partial charge >= 0.3 is 11.9 Å². The summed E-state index contributed by atoms with van der Waals surface area (Å²) in [6, 6.07) is 16.6. The van der Waals surface area contributed by atoms with Crippen molar-refractivity contribution in [2.45, 2.75) is 24.7 Å². The second-order valence-corrected chi connectivity index (χ2v) is 6.58. The summed E-state index contributed by atoms with van der Waals surface area (Å²) < 4.78 is 11.2. The van der Waals surface area contributed by atoms with E-state index in [-0.39, 0.29) is 6.61 Å². The predicted octanol–water partition coefficient (Wildman–Crippen LogP) is 2.56. The first-order chi connectivity index (χ1) is 13.1. The molecule has 1 saturated carbocycles. The summed E-state index contributed by atoms with van der Waals surface area (Å²) in [5.74, 6) is -1.49. The van der Waals surface area contributed by atoms with Gasteiger partial charge in [0.2, 0.25) is 0 Å². The number of rotatable bonds is 6. The van der Waals surface area contributed by atoms with E-state index in [4.69, 9.17) is 21.3 Å². The number of benzene rings is 2. The van der Waals surface area contributed by atoms with Crippen LogP contribution in [0.5, 0.6) is 0 Å². The summed E-state index contributed by atoms with van der Waals surface area (Å²) >= 11 is 5.81. The minimum atomic E-state index is -0.819. The van der Waals surface area contributed by atoms with E-state index in [1.165, 1.54) is 0 Å². The molecule has 0 unspecified atom stereocenters. The molecule has 27 heavy (non-hydrogen) atoms. The third kappa shape index (κ3) is 4.47. The maximum Gasteiger partial charge on any atom is 0.338 e. The number of aliphatic hydroxyl groups excluding tert-OH is 1. The van der Waals surface area contributed by atoms with E-state index in [9.17, 15) is 14.7 Å². The molecule has 3 rings (SSSR count). The Morgan fingerprint density at radius 2 is 1.41 bits per heavy atom. The Kier molecular flexibility index (Phi) is 6.45. The fourth-order valence-corrected chi connectivity index (χ4v) is 3.43. The van der Waals surface area contributed by atoms with Crippen LogP contribution >= 0.6 is 11.8 Å². The Balaban J connectivity index is 1.79. The van der Waals surface area contributed by atoms with Gasteiger partial charge in [0, 0.05) is 12.5 Å². The molecule has 0 heterocycles. The lowest BCUT2D eigenvalue weighted by molar-refractivity contribution is -0.0441. The highest BCUT2D eigenvalue weighted by Gasteiger charge is 2.48. The highest BCUT2D eigenvalue weighted by atomic mass is 35.5. The lowest BCUT2D eigenvalue weighted by Crippen LogP contribution is -2.42. The summed E-state index contributed by atoms with van der Waals surface area (Å²) in [4.78, 5) is 27.5. The van der Waals surface area contributed by atoms with Gasteiger partial charge in [-0.15, -0.1) is 0 Å². The maximum absolute atomic E-state index is 12.5.